The van der Waals surface area contributed by atoms with Crippen LogP contribution >= 0.6 is 11.6 Å². The minimum atomic E-state index is -0.734. The Balaban J connectivity index is 1.77. The van der Waals surface area contributed by atoms with Crippen LogP contribution in [0.3, 0.4) is 0 Å². The molecular weight excluding hydrogens is 332 g/mol. The van der Waals surface area contributed by atoms with Gasteiger partial charge in [-0.15, -0.1) is 0 Å². The lowest BCUT2D eigenvalue weighted by Crippen LogP contribution is -2.51. The van der Waals surface area contributed by atoms with Gasteiger partial charge in [-0.05, 0) is 30.5 Å². The van der Waals surface area contributed by atoms with Gasteiger partial charge < -0.3 is 20.1 Å². The van der Waals surface area contributed by atoms with Crippen LogP contribution in [-0.4, -0.2) is 31.3 Å². The summed E-state index contributed by atoms with van der Waals surface area (Å²) in [6, 6.07) is 6.02. The molecule has 2 heterocycles. The molecule has 2 aliphatic rings. The van der Waals surface area contributed by atoms with Crippen molar-refractivity contribution in [1.29, 1.82) is 0 Å². The third-order valence-electron chi connectivity index (χ3n) is 4.17. The number of carbonyl (C=O) groups excluding carboxylic acids is 2. The van der Waals surface area contributed by atoms with E-state index in [1.165, 1.54) is 0 Å². The van der Waals surface area contributed by atoms with E-state index in [1.807, 2.05) is 0 Å². The number of nitrogens with one attached hydrogen (secondary N) is 2. The fourth-order valence-corrected chi connectivity index (χ4v) is 3.18. The number of amides is 2. The third-order valence-corrected chi connectivity index (χ3v) is 4.40. The molecule has 2 N–H and O–H groups in total. The van der Waals surface area contributed by atoms with Gasteiger partial charge >= 0.3 is 12.0 Å². The second-order valence-corrected chi connectivity index (χ2v) is 6.34. The first-order chi connectivity index (χ1) is 11.5. The maximum absolute atomic E-state index is 12.6. The lowest BCUT2D eigenvalue weighted by Gasteiger charge is -2.33. The van der Waals surface area contributed by atoms with Crippen LogP contribution in [0, 0.1) is 5.92 Å². The van der Waals surface area contributed by atoms with Gasteiger partial charge in [0, 0.05) is 17.3 Å². The van der Waals surface area contributed by atoms with Crippen LogP contribution in [0.1, 0.15) is 24.4 Å². The maximum atomic E-state index is 12.6. The average Bonchev–Trinajstić information content (AvgIpc) is 3.05. The summed E-state index contributed by atoms with van der Waals surface area (Å²) in [6.07, 6.45) is 1.80. The average molecular weight is 351 g/mol. The van der Waals surface area contributed by atoms with E-state index in [9.17, 15) is 9.59 Å². The molecule has 3 unspecified atom stereocenters. The summed E-state index contributed by atoms with van der Waals surface area (Å²) in [5, 5.41) is 5.82. The maximum Gasteiger partial charge on any atom is 0.319 e. The SMILES string of the molecule is C=C1NC(=O)NC(c2cccc(Cl)c2)C1C(=O)OCC1CCCO1. The monoisotopic (exact) mass is 350 g/mol. The first-order valence-electron chi connectivity index (χ1n) is 7.84. The number of esters is 1. The number of halogens is 1. The van der Waals surface area contributed by atoms with Crippen LogP contribution in [0.5, 0.6) is 0 Å². The molecule has 1 aromatic carbocycles. The zero-order valence-corrected chi connectivity index (χ0v) is 13.8. The molecule has 2 aliphatic heterocycles. The fourth-order valence-electron chi connectivity index (χ4n) is 2.98. The molecule has 7 heteroatoms. The summed E-state index contributed by atoms with van der Waals surface area (Å²) in [5.74, 6) is -1.18. The second-order valence-electron chi connectivity index (χ2n) is 5.90. The predicted octanol–water partition coefficient (Wildman–Crippen LogP) is 2.55. The predicted molar refractivity (Wildman–Crippen MR) is 88.4 cm³/mol. The Hall–Kier alpha value is -2.05. The molecule has 2 saturated heterocycles. The standard InChI is InChI=1S/C17H19ClN2O4/c1-10-14(16(21)24-9-13-6-3-7-23-13)15(20-17(22)19-10)11-4-2-5-12(18)8-11/h2,4-5,8,13-15H,1,3,6-7,9H2,(H2,19,20,22). The van der Waals surface area contributed by atoms with Gasteiger partial charge in [-0.1, -0.05) is 30.3 Å². The molecule has 0 aliphatic carbocycles. The molecule has 3 rings (SSSR count). The van der Waals surface area contributed by atoms with Crippen molar-refractivity contribution >= 4 is 23.6 Å². The van der Waals surface area contributed by atoms with Gasteiger partial charge in [0.05, 0.1) is 12.1 Å². The van der Waals surface area contributed by atoms with Crippen molar-refractivity contribution in [3.05, 3.63) is 47.1 Å². The molecule has 1 aromatic rings. The number of carbonyl (C=O) groups is 2. The minimum absolute atomic E-state index is 0.0574. The van der Waals surface area contributed by atoms with Crippen LogP contribution in [-0.2, 0) is 14.3 Å². The van der Waals surface area contributed by atoms with Crippen LogP contribution in [0.25, 0.3) is 0 Å². The summed E-state index contributed by atoms with van der Waals surface area (Å²) >= 11 is 6.03. The van der Waals surface area contributed by atoms with E-state index in [2.05, 4.69) is 17.2 Å². The van der Waals surface area contributed by atoms with Crippen molar-refractivity contribution in [3.8, 4) is 0 Å². The van der Waals surface area contributed by atoms with Gasteiger partial charge in [0.15, 0.2) is 0 Å². The van der Waals surface area contributed by atoms with Crippen molar-refractivity contribution in [3.63, 3.8) is 0 Å². The van der Waals surface area contributed by atoms with Gasteiger partial charge in [-0.25, -0.2) is 4.79 Å². The summed E-state index contributed by atoms with van der Waals surface area (Å²) in [7, 11) is 0. The van der Waals surface area contributed by atoms with Crippen LogP contribution in [0.15, 0.2) is 36.5 Å². The van der Waals surface area contributed by atoms with Crippen LogP contribution < -0.4 is 10.6 Å². The number of hydrogen-bond donors (Lipinski definition) is 2. The number of urea groups is 1. The molecule has 24 heavy (non-hydrogen) atoms. The van der Waals surface area contributed by atoms with Gasteiger partial charge in [0.25, 0.3) is 0 Å². The van der Waals surface area contributed by atoms with Crippen LogP contribution in [0.4, 0.5) is 4.79 Å². The smallest absolute Gasteiger partial charge is 0.319 e. The topological polar surface area (TPSA) is 76.7 Å². The molecule has 128 valence electrons. The van der Waals surface area contributed by atoms with E-state index in [0.717, 1.165) is 18.4 Å². The third kappa shape index (κ3) is 3.71. The highest BCUT2D eigenvalue weighted by Gasteiger charge is 2.39. The zero-order valence-electron chi connectivity index (χ0n) is 13.1. The highest BCUT2D eigenvalue weighted by atomic mass is 35.5. The van der Waals surface area contributed by atoms with Crippen molar-refractivity contribution < 1.29 is 19.1 Å². The Bertz CT molecular complexity index is 658. The number of rotatable bonds is 4. The molecule has 0 saturated carbocycles. The number of hydrogen-bond acceptors (Lipinski definition) is 4. The number of ether oxygens (including phenoxy) is 2. The minimum Gasteiger partial charge on any atom is -0.462 e. The lowest BCUT2D eigenvalue weighted by molar-refractivity contribution is -0.151. The highest BCUT2D eigenvalue weighted by Crippen LogP contribution is 2.31. The van der Waals surface area contributed by atoms with E-state index in [1.54, 1.807) is 24.3 Å². The Morgan fingerprint density at radius 3 is 3.00 bits per heavy atom. The van der Waals surface area contributed by atoms with Gasteiger partial charge in [0.2, 0.25) is 0 Å². The zero-order chi connectivity index (χ0) is 17.1. The number of benzene rings is 1. The van der Waals surface area contributed by atoms with E-state index < -0.39 is 24.0 Å². The molecule has 0 radical (unpaired) electrons. The first-order valence-corrected chi connectivity index (χ1v) is 8.22. The van der Waals surface area contributed by atoms with E-state index >= 15 is 0 Å². The quantitative estimate of drug-likeness (QED) is 0.818. The summed E-state index contributed by atoms with van der Waals surface area (Å²) in [5.41, 5.74) is 1.03. The first kappa shape index (κ1) is 16.8. The van der Waals surface area contributed by atoms with Gasteiger partial charge in [-0.3, -0.25) is 4.79 Å². The Morgan fingerprint density at radius 2 is 2.29 bits per heavy atom. The molecule has 6 nitrogen and oxygen atoms in total. The van der Waals surface area contributed by atoms with E-state index in [4.69, 9.17) is 21.1 Å². The highest BCUT2D eigenvalue weighted by molar-refractivity contribution is 6.30. The van der Waals surface area contributed by atoms with Gasteiger partial charge in [-0.2, -0.15) is 0 Å². The lowest BCUT2D eigenvalue weighted by atomic mass is 9.89. The Kier molecular flexibility index (Phi) is 5.06. The second kappa shape index (κ2) is 7.23. The summed E-state index contributed by atoms with van der Waals surface area (Å²) < 4.78 is 10.9. The molecule has 3 atom stereocenters. The Labute approximate surface area is 145 Å². The molecule has 0 aromatic heterocycles. The van der Waals surface area contributed by atoms with Crippen molar-refractivity contribution in [2.24, 2.45) is 5.92 Å². The van der Waals surface area contributed by atoms with Crippen molar-refractivity contribution in [1.82, 2.24) is 10.6 Å². The van der Waals surface area contributed by atoms with E-state index in [-0.39, 0.29) is 12.7 Å². The summed E-state index contributed by atoms with van der Waals surface area (Å²) in [6.45, 7) is 4.71. The largest absolute Gasteiger partial charge is 0.462 e. The Morgan fingerprint density at radius 1 is 1.46 bits per heavy atom. The van der Waals surface area contributed by atoms with Crippen molar-refractivity contribution in [2.45, 2.75) is 25.0 Å². The van der Waals surface area contributed by atoms with Gasteiger partial charge in [0.1, 0.15) is 12.5 Å². The molecule has 0 spiro atoms. The summed E-state index contributed by atoms with van der Waals surface area (Å²) in [4.78, 5) is 24.4. The molecular formula is C17H19ClN2O4. The molecule has 2 fully saturated rings. The molecule has 0 bridgehead atoms. The fraction of sp³-hybridized carbons (Fsp3) is 0.412. The molecule has 2 amide bonds. The van der Waals surface area contributed by atoms with E-state index in [0.29, 0.717) is 17.3 Å². The van der Waals surface area contributed by atoms with Crippen molar-refractivity contribution in [2.75, 3.05) is 13.2 Å². The van der Waals surface area contributed by atoms with Crippen LogP contribution in [0.2, 0.25) is 5.02 Å². The normalized spacial score (nSPS) is 26.6.